The number of nitrogens with one attached hydrogen (secondary N) is 1. The number of methoxy groups -OCH3 is 1. The van der Waals surface area contributed by atoms with Crippen LogP contribution in [-0.4, -0.2) is 29.2 Å². The van der Waals surface area contributed by atoms with Gasteiger partial charge in [-0.15, -0.1) is 0 Å². The van der Waals surface area contributed by atoms with Gasteiger partial charge in [-0.25, -0.2) is 4.98 Å². The molecular weight excluding hydrogens is 334 g/mol. The quantitative estimate of drug-likeness (QED) is 0.736. The first-order chi connectivity index (χ1) is 12.6. The van der Waals surface area contributed by atoms with E-state index >= 15 is 0 Å². The number of nitrogens with zero attached hydrogens (tertiary/aromatic N) is 2. The van der Waals surface area contributed by atoms with E-state index in [1.54, 1.807) is 36.4 Å². The molecule has 0 aliphatic carbocycles. The van der Waals surface area contributed by atoms with Gasteiger partial charge in [0, 0.05) is 11.8 Å². The van der Waals surface area contributed by atoms with Crippen LogP contribution in [0.25, 0.3) is 10.9 Å². The first-order valence-corrected chi connectivity index (χ1v) is 8.17. The highest BCUT2D eigenvalue weighted by Gasteiger charge is 2.10. The molecule has 134 valence electrons. The minimum atomic E-state index is -0.338. The molecular formula is C19H19N3O4. The Morgan fingerprint density at radius 1 is 1.19 bits per heavy atom. The monoisotopic (exact) mass is 353 g/mol. The molecule has 0 aliphatic heterocycles. The van der Waals surface area contributed by atoms with Gasteiger partial charge in [0.05, 0.1) is 30.9 Å². The van der Waals surface area contributed by atoms with E-state index in [2.05, 4.69) is 10.3 Å². The fraction of sp³-hybridized carbons (Fsp3) is 0.211. The lowest BCUT2D eigenvalue weighted by Crippen LogP contribution is -2.27. The number of fused-ring (bicyclic) bond motifs is 1. The second-order valence-corrected chi connectivity index (χ2v) is 5.54. The first-order valence-electron chi connectivity index (χ1n) is 8.17. The van der Waals surface area contributed by atoms with E-state index in [-0.39, 0.29) is 18.0 Å². The lowest BCUT2D eigenvalue weighted by atomic mass is 10.2. The maximum Gasteiger partial charge on any atom is 0.261 e. The maximum atomic E-state index is 12.4. The molecule has 0 saturated heterocycles. The third-order valence-corrected chi connectivity index (χ3v) is 3.79. The van der Waals surface area contributed by atoms with Gasteiger partial charge < -0.3 is 14.8 Å². The topological polar surface area (TPSA) is 82.5 Å². The molecule has 0 aliphatic rings. The van der Waals surface area contributed by atoms with Gasteiger partial charge in [-0.05, 0) is 31.2 Å². The summed E-state index contributed by atoms with van der Waals surface area (Å²) in [6, 6.07) is 12.1. The minimum Gasteiger partial charge on any atom is -0.493 e. The Balaban J connectivity index is 1.77. The Hall–Kier alpha value is -3.35. The van der Waals surface area contributed by atoms with E-state index in [0.717, 1.165) is 0 Å². The number of rotatable bonds is 6. The predicted octanol–water partition coefficient (Wildman–Crippen LogP) is 2.44. The number of hydrogen-bond donors (Lipinski definition) is 1. The van der Waals surface area contributed by atoms with Crippen LogP contribution in [0, 0.1) is 0 Å². The van der Waals surface area contributed by atoms with Gasteiger partial charge in [-0.1, -0.05) is 12.1 Å². The highest BCUT2D eigenvalue weighted by atomic mass is 16.5. The molecule has 0 unspecified atom stereocenters. The first kappa shape index (κ1) is 17.5. The standard InChI is InChI=1S/C19H19N3O4/c1-3-26-16-9-8-13(10-17(16)25-2)21-18(23)11-22-12-20-15-7-5-4-6-14(15)19(22)24/h4-10,12H,3,11H2,1-2H3,(H,21,23). The second-order valence-electron chi connectivity index (χ2n) is 5.54. The van der Waals surface area contributed by atoms with E-state index in [0.29, 0.717) is 34.7 Å². The molecule has 26 heavy (non-hydrogen) atoms. The van der Waals surface area contributed by atoms with E-state index in [4.69, 9.17) is 9.47 Å². The molecule has 1 amide bonds. The number of para-hydroxylation sites is 1. The minimum absolute atomic E-state index is 0.133. The van der Waals surface area contributed by atoms with Crippen LogP contribution in [0.5, 0.6) is 11.5 Å². The molecule has 1 heterocycles. The molecule has 0 bridgehead atoms. The molecule has 1 N–H and O–H groups in total. The summed E-state index contributed by atoms with van der Waals surface area (Å²) in [7, 11) is 1.53. The zero-order valence-electron chi connectivity index (χ0n) is 14.6. The number of hydrogen-bond acceptors (Lipinski definition) is 5. The van der Waals surface area contributed by atoms with E-state index < -0.39 is 0 Å². The van der Waals surface area contributed by atoms with Crippen molar-refractivity contribution >= 4 is 22.5 Å². The van der Waals surface area contributed by atoms with Crippen LogP contribution >= 0.6 is 0 Å². The summed E-state index contributed by atoms with van der Waals surface area (Å²) in [5.74, 6) is 0.785. The molecule has 7 nitrogen and oxygen atoms in total. The fourth-order valence-electron chi connectivity index (χ4n) is 2.59. The van der Waals surface area contributed by atoms with Gasteiger partial charge in [0.2, 0.25) is 5.91 Å². The normalized spacial score (nSPS) is 10.5. The van der Waals surface area contributed by atoms with Crippen molar-refractivity contribution in [2.45, 2.75) is 13.5 Å². The van der Waals surface area contributed by atoms with Gasteiger partial charge in [0.1, 0.15) is 6.54 Å². The molecule has 1 aromatic heterocycles. The zero-order chi connectivity index (χ0) is 18.5. The number of carbonyl (C=O) groups is 1. The number of benzene rings is 2. The smallest absolute Gasteiger partial charge is 0.261 e. The SMILES string of the molecule is CCOc1ccc(NC(=O)Cn2cnc3ccccc3c2=O)cc1OC. The lowest BCUT2D eigenvalue weighted by Gasteiger charge is -2.12. The summed E-state index contributed by atoms with van der Waals surface area (Å²) < 4.78 is 12.0. The zero-order valence-corrected chi connectivity index (χ0v) is 14.6. The summed E-state index contributed by atoms with van der Waals surface area (Å²) in [4.78, 5) is 29.0. The fourth-order valence-corrected chi connectivity index (χ4v) is 2.59. The molecule has 0 spiro atoms. The average Bonchev–Trinajstić information content (AvgIpc) is 2.65. The molecule has 2 aromatic carbocycles. The summed E-state index contributed by atoms with van der Waals surface area (Å²) in [6.45, 7) is 2.26. The van der Waals surface area contributed by atoms with Crippen LogP contribution in [0.15, 0.2) is 53.6 Å². The Bertz CT molecular complexity index is 997. The van der Waals surface area contributed by atoms with Crippen molar-refractivity contribution in [3.63, 3.8) is 0 Å². The van der Waals surface area contributed by atoms with E-state index in [1.165, 1.54) is 18.0 Å². The number of anilines is 1. The van der Waals surface area contributed by atoms with E-state index in [1.807, 2.05) is 13.0 Å². The Morgan fingerprint density at radius 3 is 2.77 bits per heavy atom. The Labute approximate surface area is 150 Å². The molecule has 3 aromatic rings. The van der Waals surface area contributed by atoms with Crippen molar-refractivity contribution in [2.24, 2.45) is 0 Å². The van der Waals surface area contributed by atoms with Crippen LogP contribution in [-0.2, 0) is 11.3 Å². The molecule has 0 atom stereocenters. The van der Waals surface area contributed by atoms with Crippen molar-refractivity contribution in [1.29, 1.82) is 0 Å². The molecule has 0 radical (unpaired) electrons. The molecule has 0 saturated carbocycles. The number of amides is 1. The number of carbonyl (C=O) groups excluding carboxylic acids is 1. The predicted molar refractivity (Wildman–Crippen MR) is 98.8 cm³/mol. The van der Waals surface area contributed by atoms with Crippen LogP contribution in [0.2, 0.25) is 0 Å². The van der Waals surface area contributed by atoms with Crippen molar-refractivity contribution < 1.29 is 14.3 Å². The summed E-state index contributed by atoms with van der Waals surface area (Å²) in [5.41, 5.74) is 0.900. The summed E-state index contributed by atoms with van der Waals surface area (Å²) in [6.07, 6.45) is 1.38. The van der Waals surface area contributed by atoms with Crippen molar-refractivity contribution in [3.8, 4) is 11.5 Å². The van der Waals surface area contributed by atoms with Gasteiger partial charge in [-0.3, -0.25) is 14.2 Å². The average molecular weight is 353 g/mol. The second kappa shape index (κ2) is 7.69. The third-order valence-electron chi connectivity index (χ3n) is 3.79. The molecule has 7 heteroatoms. The number of aromatic nitrogens is 2. The number of ether oxygens (including phenoxy) is 2. The van der Waals surface area contributed by atoms with Crippen LogP contribution < -0.4 is 20.3 Å². The van der Waals surface area contributed by atoms with Gasteiger partial charge in [-0.2, -0.15) is 0 Å². The summed E-state index contributed by atoms with van der Waals surface area (Å²) in [5, 5.41) is 3.23. The van der Waals surface area contributed by atoms with Crippen molar-refractivity contribution in [2.75, 3.05) is 19.0 Å². The van der Waals surface area contributed by atoms with Crippen molar-refractivity contribution in [1.82, 2.24) is 9.55 Å². The van der Waals surface area contributed by atoms with Crippen LogP contribution in [0.3, 0.4) is 0 Å². The lowest BCUT2D eigenvalue weighted by molar-refractivity contribution is -0.116. The van der Waals surface area contributed by atoms with Crippen molar-refractivity contribution in [3.05, 3.63) is 59.1 Å². The highest BCUT2D eigenvalue weighted by molar-refractivity contribution is 5.91. The van der Waals surface area contributed by atoms with Gasteiger partial charge in [0.15, 0.2) is 11.5 Å². The third kappa shape index (κ3) is 3.66. The Morgan fingerprint density at radius 2 is 2.00 bits per heavy atom. The maximum absolute atomic E-state index is 12.4. The largest absolute Gasteiger partial charge is 0.493 e. The molecule has 0 fully saturated rings. The molecule has 3 rings (SSSR count). The summed E-state index contributed by atoms with van der Waals surface area (Å²) >= 11 is 0. The van der Waals surface area contributed by atoms with E-state index in [9.17, 15) is 9.59 Å². The van der Waals surface area contributed by atoms with Gasteiger partial charge in [0.25, 0.3) is 5.56 Å². The Kier molecular flexibility index (Phi) is 5.17. The van der Waals surface area contributed by atoms with Crippen LogP contribution in [0.1, 0.15) is 6.92 Å². The van der Waals surface area contributed by atoms with Crippen LogP contribution in [0.4, 0.5) is 5.69 Å². The van der Waals surface area contributed by atoms with Gasteiger partial charge >= 0.3 is 0 Å². The highest BCUT2D eigenvalue weighted by Crippen LogP contribution is 2.30.